The van der Waals surface area contributed by atoms with Crippen LogP contribution in [-0.4, -0.2) is 45.0 Å². The summed E-state index contributed by atoms with van der Waals surface area (Å²) in [6.45, 7) is 1.29. The predicted molar refractivity (Wildman–Crippen MR) is 122 cm³/mol. The van der Waals surface area contributed by atoms with Crippen LogP contribution in [-0.2, 0) is 16.1 Å². The number of hydrogen-bond acceptors (Lipinski definition) is 6. The van der Waals surface area contributed by atoms with Crippen LogP contribution in [0.15, 0.2) is 53.7 Å². The van der Waals surface area contributed by atoms with Gasteiger partial charge in [0.1, 0.15) is 5.82 Å². The van der Waals surface area contributed by atoms with Crippen LogP contribution in [0.1, 0.15) is 23.2 Å². The average molecular weight is 490 g/mol. The Morgan fingerprint density at radius 2 is 1.88 bits per heavy atom. The first-order chi connectivity index (χ1) is 16.0. The van der Waals surface area contributed by atoms with E-state index in [1.807, 2.05) is 16.7 Å². The summed E-state index contributed by atoms with van der Waals surface area (Å²) in [5, 5.41) is 9.77. The lowest BCUT2D eigenvalue weighted by Crippen LogP contribution is -2.42. The Kier molecular flexibility index (Phi) is 7.58. The van der Waals surface area contributed by atoms with Gasteiger partial charge in [0, 0.05) is 22.8 Å². The molecule has 0 radical (unpaired) electrons. The maximum Gasteiger partial charge on any atom is 0.269 e. The number of rotatable bonds is 7. The van der Waals surface area contributed by atoms with Gasteiger partial charge in [0.2, 0.25) is 5.91 Å². The summed E-state index contributed by atoms with van der Waals surface area (Å²) in [6, 6.07) is 12.3. The average Bonchev–Trinajstić information content (AvgIpc) is 3.47. The van der Waals surface area contributed by atoms with E-state index in [2.05, 4.69) is 21.0 Å². The lowest BCUT2D eigenvalue weighted by Gasteiger charge is -2.15. The summed E-state index contributed by atoms with van der Waals surface area (Å²) in [5.74, 6) is -0.740. The smallest absolute Gasteiger partial charge is 0.269 e. The first kappa shape index (κ1) is 23.2. The lowest BCUT2D eigenvalue weighted by atomic mass is 10.2. The van der Waals surface area contributed by atoms with Crippen LogP contribution in [0, 0.1) is 5.82 Å². The molecule has 0 unspecified atom stereocenters. The molecule has 1 aliphatic heterocycles. The molecule has 33 heavy (non-hydrogen) atoms. The van der Waals surface area contributed by atoms with E-state index in [0.717, 1.165) is 25.0 Å². The van der Waals surface area contributed by atoms with E-state index in [1.54, 1.807) is 12.1 Å². The maximum atomic E-state index is 13.0. The number of nitrogens with zero attached hydrogens (tertiary/aromatic N) is 3. The Bertz CT molecular complexity index is 1120. The molecule has 0 bridgehead atoms. The molecule has 1 atom stereocenters. The largest absolute Gasteiger partial charge is 0.376 e. The fourth-order valence-corrected chi connectivity index (χ4v) is 4.20. The van der Waals surface area contributed by atoms with Gasteiger partial charge in [0.15, 0.2) is 11.0 Å². The second kappa shape index (κ2) is 10.8. The number of carbonyl (C=O) groups excluding carboxylic acids is 2. The maximum absolute atomic E-state index is 13.0. The SMILES string of the molecule is O=C(CSc1nnc(-c2ccc(Cl)cc2)n1C[C@H]1CCCO1)NNC(=O)c1ccc(F)cc1. The molecule has 2 heterocycles. The molecule has 2 N–H and O–H groups in total. The summed E-state index contributed by atoms with van der Waals surface area (Å²) in [5.41, 5.74) is 5.75. The van der Waals surface area contributed by atoms with E-state index >= 15 is 0 Å². The Morgan fingerprint density at radius 1 is 1.12 bits per heavy atom. The summed E-state index contributed by atoms with van der Waals surface area (Å²) >= 11 is 7.21. The van der Waals surface area contributed by atoms with Crippen molar-refractivity contribution in [3.63, 3.8) is 0 Å². The third kappa shape index (κ3) is 6.10. The van der Waals surface area contributed by atoms with E-state index < -0.39 is 17.6 Å². The minimum Gasteiger partial charge on any atom is -0.376 e. The van der Waals surface area contributed by atoms with Crippen LogP contribution >= 0.6 is 23.4 Å². The van der Waals surface area contributed by atoms with Gasteiger partial charge in [-0.1, -0.05) is 23.4 Å². The van der Waals surface area contributed by atoms with Gasteiger partial charge in [-0.2, -0.15) is 0 Å². The van der Waals surface area contributed by atoms with Crippen LogP contribution in [0.4, 0.5) is 4.39 Å². The quantitative estimate of drug-likeness (QED) is 0.389. The van der Waals surface area contributed by atoms with E-state index in [1.165, 1.54) is 36.0 Å². The van der Waals surface area contributed by atoms with Crippen LogP contribution in [0.25, 0.3) is 11.4 Å². The number of hydrogen-bond donors (Lipinski definition) is 2. The van der Waals surface area contributed by atoms with E-state index in [-0.39, 0.29) is 17.4 Å². The molecular formula is C22H21ClFN5O3S. The normalized spacial score (nSPS) is 15.4. The molecule has 0 saturated carbocycles. The van der Waals surface area contributed by atoms with Gasteiger partial charge < -0.3 is 4.74 Å². The molecule has 2 aromatic carbocycles. The highest BCUT2D eigenvalue weighted by Gasteiger charge is 2.22. The van der Waals surface area contributed by atoms with Gasteiger partial charge in [-0.15, -0.1) is 10.2 Å². The molecule has 3 aromatic rings. The Hall–Kier alpha value is -2.95. The first-order valence-corrected chi connectivity index (χ1v) is 11.6. The molecule has 1 saturated heterocycles. The highest BCUT2D eigenvalue weighted by molar-refractivity contribution is 7.99. The van der Waals surface area contributed by atoms with Gasteiger partial charge in [-0.05, 0) is 61.4 Å². The molecule has 1 fully saturated rings. The molecular weight excluding hydrogens is 469 g/mol. The zero-order valence-electron chi connectivity index (χ0n) is 17.5. The highest BCUT2D eigenvalue weighted by Crippen LogP contribution is 2.27. The van der Waals surface area contributed by atoms with Gasteiger partial charge in [0.05, 0.1) is 18.4 Å². The lowest BCUT2D eigenvalue weighted by molar-refractivity contribution is -0.119. The first-order valence-electron chi connectivity index (χ1n) is 10.3. The number of carbonyl (C=O) groups is 2. The van der Waals surface area contributed by atoms with E-state index in [4.69, 9.17) is 16.3 Å². The van der Waals surface area contributed by atoms with Crippen molar-refractivity contribution >= 4 is 35.2 Å². The molecule has 4 rings (SSSR count). The number of thioether (sulfide) groups is 1. The Labute approximate surface area is 198 Å². The van der Waals surface area contributed by atoms with Gasteiger partial charge in [-0.3, -0.25) is 25.0 Å². The van der Waals surface area contributed by atoms with Crippen molar-refractivity contribution in [2.45, 2.75) is 30.6 Å². The summed E-state index contributed by atoms with van der Waals surface area (Å²) < 4.78 is 20.7. The van der Waals surface area contributed by atoms with Gasteiger partial charge in [0.25, 0.3) is 5.91 Å². The van der Waals surface area contributed by atoms with Crippen LogP contribution in [0.3, 0.4) is 0 Å². The van der Waals surface area contributed by atoms with Gasteiger partial charge >= 0.3 is 0 Å². The number of halogens is 2. The van der Waals surface area contributed by atoms with Crippen molar-refractivity contribution in [1.82, 2.24) is 25.6 Å². The molecule has 11 heteroatoms. The fourth-order valence-electron chi connectivity index (χ4n) is 3.33. The van der Waals surface area contributed by atoms with Crippen molar-refractivity contribution in [1.29, 1.82) is 0 Å². The number of ether oxygens (including phenoxy) is 1. The summed E-state index contributed by atoms with van der Waals surface area (Å²) in [7, 11) is 0. The Morgan fingerprint density at radius 3 is 2.58 bits per heavy atom. The zero-order chi connectivity index (χ0) is 23.2. The molecule has 8 nitrogen and oxygen atoms in total. The number of hydrazine groups is 1. The van der Waals surface area contributed by atoms with Crippen molar-refractivity contribution in [3.8, 4) is 11.4 Å². The molecule has 0 aliphatic carbocycles. The molecule has 1 aromatic heterocycles. The molecule has 2 amide bonds. The number of amides is 2. The fraction of sp³-hybridized carbons (Fsp3) is 0.273. The second-order valence-electron chi connectivity index (χ2n) is 7.36. The number of benzene rings is 2. The van der Waals surface area contributed by atoms with Gasteiger partial charge in [-0.25, -0.2) is 4.39 Å². The van der Waals surface area contributed by atoms with Crippen molar-refractivity contribution in [2.75, 3.05) is 12.4 Å². The molecule has 1 aliphatic rings. The number of aromatic nitrogens is 3. The van der Waals surface area contributed by atoms with E-state index in [9.17, 15) is 14.0 Å². The number of nitrogens with one attached hydrogen (secondary N) is 2. The van der Waals surface area contributed by atoms with Crippen molar-refractivity contribution in [3.05, 3.63) is 64.9 Å². The molecule has 172 valence electrons. The minimum absolute atomic E-state index is 0.00791. The monoisotopic (exact) mass is 489 g/mol. The second-order valence-corrected chi connectivity index (χ2v) is 8.74. The zero-order valence-corrected chi connectivity index (χ0v) is 19.0. The van der Waals surface area contributed by atoms with Crippen LogP contribution < -0.4 is 10.9 Å². The van der Waals surface area contributed by atoms with Crippen LogP contribution in [0.2, 0.25) is 5.02 Å². The third-order valence-corrected chi connectivity index (χ3v) is 6.20. The van der Waals surface area contributed by atoms with Crippen LogP contribution in [0.5, 0.6) is 0 Å². The third-order valence-electron chi connectivity index (χ3n) is 4.98. The predicted octanol–water partition coefficient (Wildman–Crippen LogP) is 3.47. The minimum atomic E-state index is -0.542. The summed E-state index contributed by atoms with van der Waals surface area (Å²) in [6.07, 6.45) is 2.00. The van der Waals surface area contributed by atoms with E-state index in [0.29, 0.717) is 22.5 Å². The topological polar surface area (TPSA) is 98.1 Å². The Balaban J connectivity index is 1.40. The highest BCUT2D eigenvalue weighted by atomic mass is 35.5. The standard InChI is InChI=1S/C22H21ClFN5O3S/c23-16-7-3-14(4-8-16)20-26-28-22(29(20)12-18-2-1-11-32-18)33-13-19(30)25-27-21(31)15-5-9-17(24)10-6-15/h3-10,18H,1-2,11-13H2,(H,25,30)(H,27,31)/t18-/m1/s1. The van der Waals surface area contributed by atoms with Crippen molar-refractivity contribution in [2.24, 2.45) is 0 Å². The van der Waals surface area contributed by atoms with Crippen molar-refractivity contribution < 1.29 is 18.7 Å². The molecule has 0 spiro atoms. The summed E-state index contributed by atoms with van der Waals surface area (Å²) in [4.78, 5) is 24.3.